The van der Waals surface area contributed by atoms with Crippen LogP contribution in [0, 0.1) is 0 Å². The molecule has 0 N–H and O–H groups in total. The molecule has 1 aliphatic heterocycles. The Morgan fingerprint density at radius 3 is 2.58 bits per heavy atom. The van der Waals surface area contributed by atoms with Crippen molar-refractivity contribution in [2.45, 2.75) is 13.0 Å². The fourth-order valence-electron chi connectivity index (χ4n) is 4.30. The van der Waals surface area contributed by atoms with Gasteiger partial charge < -0.3 is 9.80 Å². The number of benzene rings is 2. The summed E-state index contributed by atoms with van der Waals surface area (Å²) >= 11 is 0. The van der Waals surface area contributed by atoms with Crippen molar-refractivity contribution in [2.75, 3.05) is 24.5 Å². The zero-order valence-electron chi connectivity index (χ0n) is 18.5. The molecule has 33 heavy (non-hydrogen) atoms. The van der Waals surface area contributed by atoms with E-state index >= 15 is 0 Å². The van der Waals surface area contributed by atoms with E-state index in [-0.39, 0.29) is 17.5 Å². The van der Waals surface area contributed by atoms with E-state index in [2.05, 4.69) is 14.9 Å². The van der Waals surface area contributed by atoms with Crippen molar-refractivity contribution in [3.8, 4) is 11.4 Å². The lowest BCUT2D eigenvalue weighted by Gasteiger charge is -2.41. The van der Waals surface area contributed by atoms with Crippen molar-refractivity contribution in [2.24, 2.45) is 7.05 Å². The van der Waals surface area contributed by atoms with Crippen molar-refractivity contribution < 1.29 is 4.79 Å². The van der Waals surface area contributed by atoms with Crippen LogP contribution in [0.3, 0.4) is 0 Å². The monoisotopic (exact) mass is 440 g/mol. The van der Waals surface area contributed by atoms with Crippen molar-refractivity contribution in [3.05, 3.63) is 83.0 Å². The Morgan fingerprint density at radius 1 is 1.00 bits per heavy atom. The zero-order chi connectivity index (χ0) is 22.9. The number of hydrogen-bond donors (Lipinski definition) is 0. The fraction of sp³-hybridized carbons (Fsp3) is 0.240. The topological polar surface area (TPSA) is 84.2 Å². The molecule has 1 amide bonds. The standard InChI is InChI=1S/C25H24N6O2/c1-17-15-30(24(33)20-8-7-18-5-3-4-6-19(18)13-20)11-12-31(17)25-28-22(14-23(32)29(25)2)21-9-10-26-16-27-21/h3-10,13-14,16-17H,11-12,15H2,1-2H3/t17-/m1/s1. The van der Waals surface area contributed by atoms with Gasteiger partial charge in [-0.3, -0.25) is 14.2 Å². The SMILES string of the molecule is C[C@@H]1CN(C(=O)c2ccc3ccccc3c2)CCN1c1nc(-c2ccncn2)cc(=O)n1C. The van der Waals surface area contributed by atoms with Crippen LogP contribution in [0.5, 0.6) is 0 Å². The van der Waals surface area contributed by atoms with Gasteiger partial charge in [-0.1, -0.05) is 30.3 Å². The molecule has 1 aliphatic rings. The lowest BCUT2D eigenvalue weighted by molar-refractivity contribution is 0.0725. The molecule has 5 rings (SSSR count). The number of nitrogens with zero attached hydrogens (tertiary/aromatic N) is 6. The minimum absolute atomic E-state index is 0.0121. The van der Waals surface area contributed by atoms with Crippen molar-refractivity contribution in [3.63, 3.8) is 0 Å². The summed E-state index contributed by atoms with van der Waals surface area (Å²) < 4.78 is 1.54. The number of rotatable bonds is 3. The maximum atomic E-state index is 13.2. The summed E-state index contributed by atoms with van der Waals surface area (Å²) in [6, 6.07) is 17.0. The van der Waals surface area contributed by atoms with E-state index in [9.17, 15) is 9.59 Å². The highest BCUT2D eigenvalue weighted by Gasteiger charge is 2.30. The van der Waals surface area contributed by atoms with E-state index in [4.69, 9.17) is 4.98 Å². The Bertz CT molecular complexity index is 1380. The molecule has 0 radical (unpaired) electrons. The van der Waals surface area contributed by atoms with Gasteiger partial charge in [-0.25, -0.2) is 15.0 Å². The fourth-order valence-corrected chi connectivity index (χ4v) is 4.30. The normalized spacial score (nSPS) is 16.2. The highest BCUT2D eigenvalue weighted by Crippen LogP contribution is 2.22. The Hall–Kier alpha value is -4.07. The number of piperazine rings is 1. The van der Waals surface area contributed by atoms with Crippen LogP contribution in [0.25, 0.3) is 22.2 Å². The number of aromatic nitrogens is 4. The maximum absolute atomic E-state index is 13.2. The Kier molecular flexibility index (Phi) is 5.34. The highest BCUT2D eigenvalue weighted by molar-refractivity contribution is 5.98. The molecule has 1 atom stereocenters. The second-order valence-electron chi connectivity index (χ2n) is 8.29. The summed E-state index contributed by atoms with van der Waals surface area (Å²) in [5.74, 6) is 0.588. The third-order valence-electron chi connectivity index (χ3n) is 6.12. The van der Waals surface area contributed by atoms with E-state index in [0.29, 0.717) is 42.5 Å². The van der Waals surface area contributed by atoms with Gasteiger partial charge in [0.15, 0.2) is 0 Å². The molecule has 2 aromatic heterocycles. The van der Waals surface area contributed by atoms with Crippen molar-refractivity contribution >= 4 is 22.6 Å². The first-order valence-corrected chi connectivity index (χ1v) is 10.9. The third kappa shape index (κ3) is 3.95. The van der Waals surface area contributed by atoms with Gasteiger partial charge in [0.1, 0.15) is 6.33 Å². The second-order valence-corrected chi connectivity index (χ2v) is 8.29. The molecule has 1 fully saturated rings. The van der Waals surface area contributed by atoms with Crippen molar-refractivity contribution in [1.29, 1.82) is 0 Å². The van der Waals surface area contributed by atoms with Gasteiger partial charge in [0.05, 0.1) is 11.4 Å². The maximum Gasteiger partial charge on any atom is 0.255 e. The number of hydrogen-bond acceptors (Lipinski definition) is 6. The molecule has 2 aromatic carbocycles. The third-order valence-corrected chi connectivity index (χ3v) is 6.12. The average molecular weight is 441 g/mol. The Morgan fingerprint density at radius 2 is 1.82 bits per heavy atom. The van der Waals surface area contributed by atoms with Crippen LogP contribution in [-0.2, 0) is 7.05 Å². The number of anilines is 1. The summed E-state index contributed by atoms with van der Waals surface area (Å²) in [5, 5.41) is 2.17. The first kappa shape index (κ1) is 20.8. The number of amides is 1. The molecule has 4 aromatic rings. The Labute approximate surface area is 191 Å². The summed E-state index contributed by atoms with van der Waals surface area (Å²) in [5.41, 5.74) is 1.64. The van der Waals surface area contributed by atoms with Crippen LogP contribution in [0.1, 0.15) is 17.3 Å². The first-order chi connectivity index (χ1) is 16.0. The predicted molar refractivity (Wildman–Crippen MR) is 127 cm³/mol. The molecule has 8 heteroatoms. The number of carbonyl (C=O) groups is 1. The van der Waals surface area contributed by atoms with Crippen LogP contribution < -0.4 is 10.5 Å². The quantitative estimate of drug-likeness (QED) is 0.487. The second kappa shape index (κ2) is 8.46. The van der Waals surface area contributed by atoms with Crippen LogP contribution in [0.4, 0.5) is 5.95 Å². The molecule has 0 bridgehead atoms. The molecule has 0 saturated carbocycles. The van der Waals surface area contributed by atoms with Gasteiger partial charge in [-0.15, -0.1) is 0 Å². The molecule has 0 unspecified atom stereocenters. The predicted octanol–water partition coefficient (Wildman–Crippen LogP) is 2.74. The van der Waals surface area contributed by atoms with Crippen LogP contribution in [0.2, 0.25) is 0 Å². The van der Waals surface area contributed by atoms with Gasteiger partial charge >= 0.3 is 0 Å². The first-order valence-electron chi connectivity index (χ1n) is 10.9. The highest BCUT2D eigenvalue weighted by atomic mass is 16.2. The van der Waals surface area contributed by atoms with Crippen LogP contribution in [0.15, 0.2) is 71.9 Å². The minimum atomic E-state index is -0.157. The van der Waals surface area contributed by atoms with E-state index in [1.807, 2.05) is 54.3 Å². The largest absolute Gasteiger partial charge is 0.336 e. The van der Waals surface area contributed by atoms with Gasteiger partial charge in [0, 0.05) is 50.6 Å². The van der Waals surface area contributed by atoms with Gasteiger partial charge in [0.25, 0.3) is 11.5 Å². The van der Waals surface area contributed by atoms with Gasteiger partial charge in [-0.05, 0) is 35.9 Å². The molecule has 166 valence electrons. The number of fused-ring (bicyclic) bond motifs is 1. The Balaban J connectivity index is 1.39. The lowest BCUT2D eigenvalue weighted by Crippen LogP contribution is -2.55. The van der Waals surface area contributed by atoms with E-state index in [1.54, 1.807) is 23.9 Å². The van der Waals surface area contributed by atoms with Gasteiger partial charge in [0.2, 0.25) is 5.95 Å². The molecule has 3 heterocycles. The van der Waals surface area contributed by atoms with E-state index in [1.165, 1.54) is 12.4 Å². The molecule has 0 aliphatic carbocycles. The molecular weight excluding hydrogens is 416 g/mol. The summed E-state index contributed by atoms with van der Waals surface area (Å²) in [6.07, 6.45) is 3.06. The zero-order valence-corrected chi connectivity index (χ0v) is 18.5. The van der Waals surface area contributed by atoms with E-state index < -0.39 is 0 Å². The van der Waals surface area contributed by atoms with Crippen molar-refractivity contribution in [1.82, 2.24) is 24.4 Å². The summed E-state index contributed by atoms with van der Waals surface area (Å²) in [7, 11) is 1.72. The smallest absolute Gasteiger partial charge is 0.255 e. The van der Waals surface area contributed by atoms with Crippen LogP contribution in [-0.4, -0.2) is 56.0 Å². The minimum Gasteiger partial charge on any atom is -0.336 e. The lowest BCUT2D eigenvalue weighted by atomic mass is 10.1. The molecular formula is C25H24N6O2. The summed E-state index contributed by atoms with van der Waals surface area (Å²) in [6.45, 7) is 3.71. The van der Waals surface area contributed by atoms with E-state index in [0.717, 1.165) is 10.8 Å². The number of carbonyl (C=O) groups excluding carboxylic acids is 1. The summed E-state index contributed by atoms with van der Waals surface area (Å²) in [4.78, 5) is 42.7. The average Bonchev–Trinajstić information content (AvgIpc) is 2.85. The van der Waals surface area contributed by atoms with Crippen LogP contribution >= 0.6 is 0 Å². The molecule has 0 spiro atoms. The molecule has 8 nitrogen and oxygen atoms in total. The molecule has 1 saturated heterocycles. The van der Waals surface area contributed by atoms with Gasteiger partial charge in [-0.2, -0.15) is 0 Å².